The zero-order chi connectivity index (χ0) is 31.8. The normalized spacial score (nSPS) is 14.2. The van der Waals surface area contributed by atoms with Crippen molar-refractivity contribution in [2.45, 2.75) is 152 Å². The molecule has 1 N–H and O–H groups in total. The molecule has 43 heavy (non-hydrogen) atoms. The number of fused-ring (bicyclic) bond motifs is 1. The van der Waals surface area contributed by atoms with E-state index in [2.05, 4.69) is 40.7 Å². The average Bonchev–Trinajstić information content (AvgIpc) is 2.95. The molecule has 0 spiro atoms. The van der Waals surface area contributed by atoms with E-state index in [4.69, 9.17) is 9.47 Å². The summed E-state index contributed by atoms with van der Waals surface area (Å²) in [6.45, 7) is 17.7. The topological polar surface area (TPSA) is 55.8 Å². The molecule has 0 heterocycles. The van der Waals surface area contributed by atoms with E-state index in [1.807, 2.05) is 45.0 Å². The third-order valence-electron chi connectivity index (χ3n) is 8.74. The largest absolute Gasteiger partial charge is 0.464 e. The number of carbonyl (C=O) groups is 1. The lowest BCUT2D eigenvalue weighted by molar-refractivity contribution is -0.134. The SMILES string of the molecule is CCCC(=O)Oc1c(C)c(C/C=C(\C)CCCC(C)CCCC(C)CCCC(C)C)c(OC(O)CCC)c2ccccc12. The first-order valence-corrected chi connectivity index (χ1v) is 17.3. The molecule has 2 rings (SSSR count). The highest BCUT2D eigenvalue weighted by Crippen LogP contribution is 2.42. The van der Waals surface area contributed by atoms with Gasteiger partial charge >= 0.3 is 5.97 Å². The molecule has 2 aromatic rings. The van der Waals surface area contributed by atoms with Gasteiger partial charge in [-0.15, -0.1) is 0 Å². The van der Waals surface area contributed by atoms with Crippen LogP contribution >= 0.6 is 0 Å². The Morgan fingerprint density at radius 2 is 1.40 bits per heavy atom. The molecule has 0 fully saturated rings. The monoisotopic (exact) mass is 594 g/mol. The molecule has 0 radical (unpaired) electrons. The fourth-order valence-corrected chi connectivity index (χ4v) is 5.96. The maximum atomic E-state index is 12.6. The van der Waals surface area contributed by atoms with Gasteiger partial charge in [0.05, 0.1) is 0 Å². The Labute approximate surface area is 263 Å². The molecular weight excluding hydrogens is 532 g/mol. The molecule has 0 aliphatic heterocycles. The number of carbonyl (C=O) groups excluding carboxylic acids is 1. The Morgan fingerprint density at radius 1 is 0.814 bits per heavy atom. The third kappa shape index (κ3) is 13.1. The number of hydrogen-bond donors (Lipinski definition) is 1. The third-order valence-corrected chi connectivity index (χ3v) is 8.74. The van der Waals surface area contributed by atoms with Gasteiger partial charge in [-0.25, -0.2) is 0 Å². The molecule has 0 aromatic heterocycles. The molecule has 3 atom stereocenters. The Bertz CT molecular complexity index is 1130. The van der Waals surface area contributed by atoms with Crippen LogP contribution in [0.15, 0.2) is 35.9 Å². The lowest BCUT2D eigenvalue weighted by atomic mass is 9.91. The molecule has 0 saturated heterocycles. The molecule has 2 aromatic carbocycles. The first-order chi connectivity index (χ1) is 20.6. The molecule has 0 bridgehead atoms. The quantitative estimate of drug-likeness (QED) is 0.0676. The summed E-state index contributed by atoms with van der Waals surface area (Å²) in [6.07, 6.45) is 16.3. The summed E-state index contributed by atoms with van der Waals surface area (Å²) >= 11 is 0. The van der Waals surface area contributed by atoms with Gasteiger partial charge in [0.15, 0.2) is 6.29 Å². The van der Waals surface area contributed by atoms with Gasteiger partial charge in [-0.1, -0.05) is 129 Å². The number of ether oxygens (including phenoxy) is 2. The lowest BCUT2D eigenvalue weighted by Gasteiger charge is -2.22. The average molecular weight is 595 g/mol. The fourth-order valence-electron chi connectivity index (χ4n) is 5.96. The van der Waals surface area contributed by atoms with Crippen molar-refractivity contribution in [2.75, 3.05) is 0 Å². The summed E-state index contributed by atoms with van der Waals surface area (Å²) in [5, 5.41) is 12.3. The molecule has 0 aliphatic rings. The van der Waals surface area contributed by atoms with Crippen LogP contribution in [0.4, 0.5) is 0 Å². The first kappa shape index (κ1) is 36.9. The van der Waals surface area contributed by atoms with Crippen LogP contribution in [-0.2, 0) is 11.2 Å². The molecule has 0 amide bonds. The molecule has 242 valence electrons. The van der Waals surface area contributed by atoms with Crippen molar-refractivity contribution in [1.29, 1.82) is 0 Å². The van der Waals surface area contributed by atoms with E-state index >= 15 is 0 Å². The highest BCUT2D eigenvalue weighted by molar-refractivity contribution is 5.97. The zero-order valence-corrected chi connectivity index (χ0v) is 28.8. The fraction of sp³-hybridized carbons (Fsp3) is 0.667. The van der Waals surface area contributed by atoms with Crippen molar-refractivity contribution < 1.29 is 19.4 Å². The van der Waals surface area contributed by atoms with E-state index < -0.39 is 6.29 Å². The molecule has 4 nitrogen and oxygen atoms in total. The molecule has 0 aliphatic carbocycles. The minimum atomic E-state index is -0.880. The standard InChI is InChI=1S/C39H62O4/c1-9-16-36(40)42-38-32(8)33(39(43-37(41)17-10-2)35-25-12-11-24-34(35)38)27-26-31(7)23-15-22-30(6)21-14-20-29(5)19-13-18-28(3)4/h11-12,24-26,28-30,37,41H,9-10,13-23,27H2,1-8H3/b31-26+. The van der Waals surface area contributed by atoms with Gasteiger partial charge in [0, 0.05) is 29.2 Å². The number of rotatable bonds is 21. The lowest BCUT2D eigenvalue weighted by Crippen LogP contribution is -2.17. The van der Waals surface area contributed by atoms with E-state index in [0.29, 0.717) is 30.8 Å². The van der Waals surface area contributed by atoms with Crippen LogP contribution in [-0.4, -0.2) is 17.4 Å². The van der Waals surface area contributed by atoms with Gasteiger partial charge in [0.2, 0.25) is 0 Å². The van der Waals surface area contributed by atoms with Crippen LogP contribution in [0, 0.1) is 24.7 Å². The number of aliphatic hydroxyl groups is 1. The molecule has 3 unspecified atom stereocenters. The van der Waals surface area contributed by atoms with E-state index in [1.165, 1.54) is 56.9 Å². The van der Waals surface area contributed by atoms with E-state index in [0.717, 1.165) is 58.9 Å². The van der Waals surface area contributed by atoms with Crippen molar-refractivity contribution in [1.82, 2.24) is 0 Å². The van der Waals surface area contributed by atoms with E-state index in [1.54, 1.807) is 0 Å². The van der Waals surface area contributed by atoms with Crippen LogP contribution in [0.1, 0.15) is 143 Å². The maximum absolute atomic E-state index is 12.6. The summed E-state index contributed by atoms with van der Waals surface area (Å²) < 4.78 is 12.1. The Balaban J connectivity index is 2.09. The van der Waals surface area contributed by atoms with Crippen molar-refractivity contribution in [3.05, 3.63) is 47.0 Å². The van der Waals surface area contributed by atoms with Gasteiger partial charge in [0.1, 0.15) is 11.5 Å². The zero-order valence-electron chi connectivity index (χ0n) is 28.8. The van der Waals surface area contributed by atoms with E-state index in [9.17, 15) is 9.90 Å². The summed E-state index contributed by atoms with van der Waals surface area (Å²) in [6, 6.07) is 7.88. The molecule has 0 saturated carbocycles. The van der Waals surface area contributed by atoms with Gasteiger partial charge in [-0.2, -0.15) is 0 Å². The molecule has 4 heteroatoms. The Hall–Kier alpha value is -2.33. The van der Waals surface area contributed by atoms with Crippen molar-refractivity contribution in [3.8, 4) is 11.5 Å². The minimum absolute atomic E-state index is 0.220. The van der Waals surface area contributed by atoms with Gasteiger partial charge < -0.3 is 14.6 Å². The Kier molecular flexibility index (Phi) is 17.0. The van der Waals surface area contributed by atoms with Crippen molar-refractivity contribution in [3.63, 3.8) is 0 Å². The minimum Gasteiger partial charge on any atom is -0.464 e. The highest BCUT2D eigenvalue weighted by Gasteiger charge is 2.22. The maximum Gasteiger partial charge on any atom is 0.311 e. The van der Waals surface area contributed by atoms with Gasteiger partial charge in [-0.3, -0.25) is 4.79 Å². The summed E-state index contributed by atoms with van der Waals surface area (Å²) in [4.78, 5) is 12.6. The number of allylic oxidation sites excluding steroid dienone is 2. The molecular formula is C39H62O4. The van der Waals surface area contributed by atoms with Crippen LogP contribution in [0.5, 0.6) is 11.5 Å². The number of benzene rings is 2. The number of hydrogen-bond acceptors (Lipinski definition) is 4. The first-order valence-electron chi connectivity index (χ1n) is 17.3. The van der Waals surface area contributed by atoms with Crippen LogP contribution in [0.3, 0.4) is 0 Å². The predicted molar refractivity (Wildman–Crippen MR) is 183 cm³/mol. The van der Waals surface area contributed by atoms with Crippen molar-refractivity contribution in [2.24, 2.45) is 17.8 Å². The predicted octanol–water partition coefficient (Wildman–Crippen LogP) is 11.3. The number of aliphatic hydroxyl groups excluding tert-OH is 1. The second-order valence-electron chi connectivity index (χ2n) is 13.5. The van der Waals surface area contributed by atoms with E-state index in [-0.39, 0.29) is 5.97 Å². The number of esters is 1. The second-order valence-corrected chi connectivity index (χ2v) is 13.5. The van der Waals surface area contributed by atoms with Crippen molar-refractivity contribution >= 4 is 16.7 Å². The summed E-state index contributed by atoms with van der Waals surface area (Å²) in [5.41, 5.74) is 3.24. The van der Waals surface area contributed by atoms with Crippen LogP contribution < -0.4 is 9.47 Å². The van der Waals surface area contributed by atoms with Gasteiger partial charge in [-0.05, 0) is 62.8 Å². The Morgan fingerprint density at radius 3 is 1.98 bits per heavy atom. The van der Waals surface area contributed by atoms with Crippen LogP contribution in [0.25, 0.3) is 10.8 Å². The van der Waals surface area contributed by atoms with Crippen LogP contribution in [0.2, 0.25) is 0 Å². The summed E-state index contributed by atoms with van der Waals surface area (Å²) in [5.74, 6) is 3.52. The van der Waals surface area contributed by atoms with Gasteiger partial charge in [0.25, 0.3) is 0 Å². The smallest absolute Gasteiger partial charge is 0.311 e. The summed E-state index contributed by atoms with van der Waals surface area (Å²) in [7, 11) is 0. The second kappa shape index (κ2) is 19.8. The highest BCUT2D eigenvalue weighted by atomic mass is 16.6.